The second-order valence-electron chi connectivity index (χ2n) is 5.53. The second-order valence-corrected chi connectivity index (χ2v) is 5.53. The standard InChI is InChI=1S/C15H16N6O4/c22-13-3-2-12(21(24)25)10-20(13)11-14(23)18-6-8-19(9-7-18)15-16-4-1-5-17-15/h1-5,10H,6-9,11H2. The number of hydrogen-bond donors (Lipinski definition) is 0. The van der Waals surface area contributed by atoms with Crippen LogP contribution in [0.25, 0.3) is 0 Å². The van der Waals surface area contributed by atoms with E-state index < -0.39 is 10.5 Å². The summed E-state index contributed by atoms with van der Waals surface area (Å²) >= 11 is 0. The van der Waals surface area contributed by atoms with Crippen LogP contribution >= 0.6 is 0 Å². The highest BCUT2D eigenvalue weighted by Gasteiger charge is 2.23. The van der Waals surface area contributed by atoms with Crippen LogP contribution in [0.4, 0.5) is 11.6 Å². The average Bonchev–Trinajstić information content (AvgIpc) is 2.64. The fourth-order valence-electron chi connectivity index (χ4n) is 2.61. The second kappa shape index (κ2) is 7.07. The number of nitrogens with zero attached hydrogens (tertiary/aromatic N) is 6. The summed E-state index contributed by atoms with van der Waals surface area (Å²) in [6, 6.07) is 3.96. The highest BCUT2D eigenvalue weighted by molar-refractivity contribution is 5.76. The number of nitro groups is 1. The van der Waals surface area contributed by atoms with Crippen molar-refractivity contribution in [2.24, 2.45) is 0 Å². The lowest BCUT2D eigenvalue weighted by molar-refractivity contribution is -0.385. The molecule has 0 N–H and O–H groups in total. The molecule has 3 heterocycles. The summed E-state index contributed by atoms with van der Waals surface area (Å²) in [5.74, 6) is 0.362. The van der Waals surface area contributed by atoms with Gasteiger partial charge in [-0.25, -0.2) is 9.97 Å². The van der Waals surface area contributed by atoms with Crippen LogP contribution in [0.15, 0.2) is 41.6 Å². The lowest BCUT2D eigenvalue weighted by Crippen LogP contribution is -2.50. The first-order chi connectivity index (χ1) is 12.0. The number of anilines is 1. The normalized spacial score (nSPS) is 14.4. The van der Waals surface area contributed by atoms with Gasteiger partial charge in [0.2, 0.25) is 11.9 Å². The van der Waals surface area contributed by atoms with Gasteiger partial charge in [-0.2, -0.15) is 0 Å². The van der Waals surface area contributed by atoms with Gasteiger partial charge in [-0.1, -0.05) is 0 Å². The molecule has 0 aromatic carbocycles. The number of carbonyl (C=O) groups excluding carboxylic acids is 1. The number of hydrogen-bond acceptors (Lipinski definition) is 7. The van der Waals surface area contributed by atoms with Gasteiger partial charge in [0.25, 0.3) is 11.2 Å². The lowest BCUT2D eigenvalue weighted by Gasteiger charge is -2.34. The molecule has 0 bridgehead atoms. The van der Waals surface area contributed by atoms with Crippen molar-refractivity contribution in [2.75, 3.05) is 31.1 Å². The first kappa shape index (κ1) is 16.6. The number of pyridine rings is 1. The molecule has 2 aromatic rings. The third-order valence-corrected chi connectivity index (χ3v) is 3.95. The monoisotopic (exact) mass is 344 g/mol. The van der Waals surface area contributed by atoms with E-state index in [2.05, 4.69) is 9.97 Å². The van der Waals surface area contributed by atoms with Gasteiger partial charge < -0.3 is 9.80 Å². The first-order valence-corrected chi connectivity index (χ1v) is 7.69. The SMILES string of the molecule is O=C(Cn1cc([N+](=O)[O-])ccc1=O)N1CCN(c2ncccn2)CC1. The Kier molecular flexibility index (Phi) is 4.68. The molecule has 1 aliphatic heterocycles. The Morgan fingerprint density at radius 2 is 1.84 bits per heavy atom. The predicted molar refractivity (Wildman–Crippen MR) is 88.2 cm³/mol. The summed E-state index contributed by atoms with van der Waals surface area (Å²) in [4.78, 5) is 46.4. The molecule has 2 aromatic heterocycles. The Balaban J connectivity index is 1.63. The van der Waals surface area contributed by atoms with E-state index in [0.29, 0.717) is 32.1 Å². The van der Waals surface area contributed by atoms with Gasteiger partial charge in [0.1, 0.15) is 6.54 Å². The van der Waals surface area contributed by atoms with E-state index in [1.54, 1.807) is 23.4 Å². The summed E-state index contributed by atoms with van der Waals surface area (Å²) in [5, 5.41) is 10.8. The van der Waals surface area contributed by atoms with Gasteiger partial charge in [-0.3, -0.25) is 24.3 Å². The molecule has 3 rings (SSSR count). The van der Waals surface area contributed by atoms with Crippen molar-refractivity contribution in [3.8, 4) is 0 Å². The fourth-order valence-corrected chi connectivity index (χ4v) is 2.61. The molecular formula is C15H16N6O4. The van der Waals surface area contributed by atoms with E-state index in [0.717, 1.165) is 22.9 Å². The van der Waals surface area contributed by atoms with Crippen LogP contribution in [0.3, 0.4) is 0 Å². The highest BCUT2D eigenvalue weighted by Crippen LogP contribution is 2.11. The molecule has 0 radical (unpaired) electrons. The molecule has 0 spiro atoms. The average molecular weight is 344 g/mol. The van der Waals surface area contributed by atoms with Crippen LogP contribution < -0.4 is 10.5 Å². The molecule has 0 aliphatic carbocycles. The number of rotatable bonds is 4. The minimum Gasteiger partial charge on any atom is -0.338 e. The summed E-state index contributed by atoms with van der Waals surface area (Å²) < 4.78 is 1.06. The number of aromatic nitrogens is 3. The fraction of sp³-hybridized carbons (Fsp3) is 0.333. The van der Waals surface area contributed by atoms with Gasteiger partial charge in [0, 0.05) is 50.7 Å². The van der Waals surface area contributed by atoms with Crippen LogP contribution in [0.5, 0.6) is 0 Å². The van der Waals surface area contributed by atoms with Crippen molar-refractivity contribution < 1.29 is 9.72 Å². The van der Waals surface area contributed by atoms with Crippen molar-refractivity contribution in [1.29, 1.82) is 0 Å². The summed E-state index contributed by atoms with van der Waals surface area (Å²) in [6.45, 7) is 1.89. The molecule has 130 valence electrons. The first-order valence-electron chi connectivity index (χ1n) is 7.69. The van der Waals surface area contributed by atoms with E-state index >= 15 is 0 Å². The quantitative estimate of drug-likeness (QED) is 0.562. The maximum absolute atomic E-state index is 12.4. The number of piperazine rings is 1. The van der Waals surface area contributed by atoms with Crippen LogP contribution in [-0.2, 0) is 11.3 Å². The van der Waals surface area contributed by atoms with E-state index in [-0.39, 0.29) is 18.1 Å². The Labute approximate surface area is 142 Å². The molecule has 1 saturated heterocycles. The predicted octanol–water partition coefficient (Wildman–Crippen LogP) is -0.105. The van der Waals surface area contributed by atoms with Crippen molar-refractivity contribution in [3.05, 3.63) is 57.3 Å². The van der Waals surface area contributed by atoms with Gasteiger partial charge >= 0.3 is 0 Å². The number of carbonyl (C=O) groups is 1. The zero-order valence-electron chi connectivity index (χ0n) is 13.3. The molecule has 1 fully saturated rings. The van der Waals surface area contributed by atoms with E-state index in [4.69, 9.17) is 0 Å². The summed E-state index contributed by atoms with van der Waals surface area (Å²) in [6.07, 6.45) is 4.41. The van der Waals surface area contributed by atoms with Gasteiger partial charge in [0.05, 0.1) is 11.1 Å². The zero-order chi connectivity index (χ0) is 17.8. The van der Waals surface area contributed by atoms with E-state index in [1.807, 2.05) is 4.90 Å². The third-order valence-electron chi connectivity index (χ3n) is 3.95. The molecule has 0 atom stereocenters. The maximum Gasteiger partial charge on any atom is 0.285 e. The summed E-state index contributed by atoms with van der Waals surface area (Å²) in [7, 11) is 0. The van der Waals surface area contributed by atoms with Crippen molar-refractivity contribution in [2.45, 2.75) is 6.54 Å². The van der Waals surface area contributed by atoms with Gasteiger partial charge in [0.15, 0.2) is 0 Å². The lowest BCUT2D eigenvalue weighted by atomic mass is 10.3. The molecule has 1 amide bonds. The van der Waals surface area contributed by atoms with Gasteiger partial charge in [-0.05, 0) is 6.07 Å². The minimum absolute atomic E-state index is 0.220. The van der Waals surface area contributed by atoms with Crippen molar-refractivity contribution >= 4 is 17.5 Å². The Morgan fingerprint density at radius 1 is 1.16 bits per heavy atom. The van der Waals surface area contributed by atoms with Crippen molar-refractivity contribution in [3.63, 3.8) is 0 Å². The molecule has 25 heavy (non-hydrogen) atoms. The van der Waals surface area contributed by atoms with Crippen molar-refractivity contribution in [1.82, 2.24) is 19.4 Å². The van der Waals surface area contributed by atoms with Crippen LogP contribution in [0.2, 0.25) is 0 Å². The highest BCUT2D eigenvalue weighted by atomic mass is 16.6. The third kappa shape index (κ3) is 3.79. The van der Waals surface area contributed by atoms with Crippen LogP contribution in [0, 0.1) is 10.1 Å². The van der Waals surface area contributed by atoms with Gasteiger partial charge in [-0.15, -0.1) is 0 Å². The summed E-state index contributed by atoms with van der Waals surface area (Å²) in [5.41, 5.74) is -0.672. The molecular weight excluding hydrogens is 328 g/mol. The Morgan fingerprint density at radius 3 is 2.48 bits per heavy atom. The molecule has 10 nitrogen and oxygen atoms in total. The molecule has 1 aliphatic rings. The smallest absolute Gasteiger partial charge is 0.285 e. The Hall–Kier alpha value is -3.30. The largest absolute Gasteiger partial charge is 0.338 e. The number of amides is 1. The molecule has 0 saturated carbocycles. The molecule has 0 unspecified atom stereocenters. The maximum atomic E-state index is 12.4. The zero-order valence-corrected chi connectivity index (χ0v) is 13.3. The minimum atomic E-state index is -0.598. The molecule has 10 heteroatoms. The van der Waals surface area contributed by atoms with Crippen LogP contribution in [-0.4, -0.2) is 56.4 Å². The van der Waals surface area contributed by atoms with Crippen LogP contribution in [0.1, 0.15) is 0 Å². The topological polar surface area (TPSA) is 114 Å². The van der Waals surface area contributed by atoms with E-state index in [1.165, 1.54) is 0 Å². The Bertz CT molecular complexity index is 829. The van der Waals surface area contributed by atoms with E-state index in [9.17, 15) is 19.7 Å².